The molecule has 7 heteroatoms. The molecule has 1 atom stereocenters. The van der Waals surface area contributed by atoms with Crippen molar-refractivity contribution in [1.29, 1.82) is 0 Å². The molecule has 0 bridgehead atoms. The quantitative estimate of drug-likeness (QED) is 0.483. The number of ether oxygens (including phenoxy) is 1. The number of nitrogens with zero attached hydrogens (tertiary/aromatic N) is 1. The van der Waals surface area contributed by atoms with Crippen LogP contribution in [-0.4, -0.2) is 29.8 Å². The summed E-state index contributed by atoms with van der Waals surface area (Å²) in [6.45, 7) is 1.47. The maximum atomic E-state index is 14.2. The fourth-order valence-corrected chi connectivity index (χ4v) is 4.90. The number of carbonyl (C=O) groups is 2. The first-order valence-electron chi connectivity index (χ1n) is 12.7. The smallest absolute Gasteiger partial charge is 0.287 e. The van der Waals surface area contributed by atoms with Crippen molar-refractivity contribution < 1.29 is 23.1 Å². The molecule has 1 aromatic heterocycles. The average Bonchev–Trinajstić information content (AvgIpc) is 3.83. The normalized spacial score (nSPS) is 19.0. The SMILES string of the molecule is O=C(NCC1CC1)c1ccc(COc2ccc3c(c2)[C@H](c2cccc(F)c2)N(C(=O)C2CC2)CC3)o1. The average molecular weight is 489 g/mol. The van der Waals surface area contributed by atoms with E-state index in [1.165, 1.54) is 25.0 Å². The van der Waals surface area contributed by atoms with Crippen LogP contribution in [0.15, 0.2) is 59.0 Å². The highest BCUT2D eigenvalue weighted by Crippen LogP contribution is 2.41. The maximum absolute atomic E-state index is 14.2. The minimum Gasteiger partial charge on any atom is -0.486 e. The first-order valence-corrected chi connectivity index (χ1v) is 12.7. The van der Waals surface area contributed by atoms with Crippen molar-refractivity contribution in [2.45, 2.75) is 44.8 Å². The van der Waals surface area contributed by atoms with E-state index >= 15 is 0 Å². The lowest BCUT2D eigenvalue weighted by atomic mass is 9.87. The maximum Gasteiger partial charge on any atom is 0.287 e. The Hall–Kier alpha value is -3.61. The van der Waals surface area contributed by atoms with Crippen molar-refractivity contribution in [2.24, 2.45) is 11.8 Å². The molecular formula is C29H29FN2O4. The Morgan fingerprint density at radius 3 is 2.69 bits per heavy atom. The number of benzene rings is 2. The Balaban J connectivity index is 1.21. The number of nitrogens with one attached hydrogen (secondary N) is 1. The van der Waals surface area contributed by atoms with Crippen LogP contribution in [0.25, 0.3) is 0 Å². The summed E-state index contributed by atoms with van der Waals surface area (Å²) in [6.07, 6.45) is 4.93. The van der Waals surface area contributed by atoms with E-state index in [2.05, 4.69) is 5.32 Å². The molecule has 1 aliphatic heterocycles. The molecule has 2 fully saturated rings. The fourth-order valence-electron chi connectivity index (χ4n) is 4.90. The van der Waals surface area contributed by atoms with Crippen LogP contribution in [0.4, 0.5) is 4.39 Å². The Kier molecular flexibility index (Phi) is 5.99. The van der Waals surface area contributed by atoms with E-state index in [4.69, 9.17) is 9.15 Å². The zero-order chi connectivity index (χ0) is 24.6. The van der Waals surface area contributed by atoms with Crippen molar-refractivity contribution in [3.63, 3.8) is 0 Å². The van der Waals surface area contributed by atoms with Gasteiger partial charge in [-0.15, -0.1) is 0 Å². The molecule has 2 amide bonds. The summed E-state index contributed by atoms with van der Waals surface area (Å²) in [6, 6.07) is 15.4. The number of carbonyl (C=O) groups excluding carboxylic acids is 2. The van der Waals surface area contributed by atoms with Crippen molar-refractivity contribution in [3.05, 3.63) is 88.6 Å². The number of fused-ring (bicyclic) bond motifs is 1. The van der Waals surface area contributed by atoms with Gasteiger partial charge in [0, 0.05) is 19.0 Å². The summed E-state index contributed by atoms with van der Waals surface area (Å²) in [4.78, 5) is 27.3. The van der Waals surface area contributed by atoms with Crippen LogP contribution < -0.4 is 10.1 Å². The zero-order valence-corrected chi connectivity index (χ0v) is 20.0. The lowest BCUT2D eigenvalue weighted by molar-refractivity contribution is -0.134. The van der Waals surface area contributed by atoms with E-state index in [0.717, 1.165) is 36.0 Å². The summed E-state index contributed by atoms with van der Waals surface area (Å²) in [5.41, 5.74) is 2.84. The van der Waals surface area contributed by atoms with Crippen LogP contribution in [0.3, 0.4) is 0 Å². The molecule has 6 rings (SSSR count). The molecule has 1 N–H and O–H groups in total. The topological polar surface area (TPSA) is 71.8 Å². The molecule has 2 aromatic carbocycles. The van der Waals surface area contributed by atoms with Crippen LogP contribution in [-0.2, 0) is 17.8 Å². The number of halogens is 1. The van der Waals surface area contributed by atoms with Crippen molar-refractivity contribution in [1.82, 2.24) is 10.2 Å². The second-order valence-corrected chi connectivity index (χ2v) is 10.1. The first kappa shape index (κ1) is 22.8. The lowest BCUT2D eigenvalue weighted by Crippen LogP contribution is -2.41. The molecule has 3 aromatic rings. The zero-order valence-electron chi connectivity index (χ0n) is 20.0. The minimum absolute atomic E-state index is 0.0802. The molecule has 186 valence electrons. The van der Waals surface area contributed by atoms with Crippen molar-refractivity contribution >= 4 is 11.8 Å². The molecule has 6 nitrogen and oxygen atoms in total. The Labute approximate surface area is 209 Å². The van der Waals surface area contributed by atoms with Gasteiger partial charge < -0.3 is 19.4 Å². The van der Waals surface area contributed by atoms with Gasteiger partial charge in [0.15, 0.2) is 5.76 Å². The monoisotopic (exact) mass is 488 g/mol. The fraction of sp³-hybridized carbons (Fsp3) is 0.379. The molecule has 2 aliphatic carbocycles. The molecule has 2 saturated carbocycles. The van der Waals surface area contributed by atoms with E-state index in [1.807, 2.05) is 29.2 Å². The standard InChI is InChI=1S/C29H29FN2O4/c30-22-3-1-2-21(14-22)27-25-15-23(9-8-19(25)12-13-32(27)29(34)20-6-7-20)35-17-24-10-11-26(36-24)28(33)31-16-18-4-5-18/h1-3,8-11,14-15,18,20,27H,4-7,12-13,16-17H2,(H,31,33)/t27-/m0/s1. The number of amides is 2. The van der Waals surface area contributed by atoms with Crippen molar-refractivity contribution in [2.75, 3.05) is 13.1 Å². The molecule has 36 heavy (non-hydrogen) atoms. The second-order valence-electron chi connectivity index (χ2n) is 10.1. The van der Waals surface area contributed by atoms with E-state index in [9.17, 15) is 14.0 Å². The van der Waals surface area contributed by atoms with Gasteiger partial charge in [-0.25, -0.2) is 4.39 Å². The summed E-state index contributed by atoms with van der Waals surface area (Å²) < 4.78 is 25.9. The number of hydrogen-bond acceptors (Lipinski definition) is 4. The summed E-state index contributed by atoms with van der Waals surface area (Å²) >= 11 is 0. The Morgan fingerprint density at radius 1 is 1.06 bits per heavy atom. The van der Waals surface area contributed by atoms with Gasteiger partial charge in [-0.05, 0) is 91.1 Å². The third kappa shape index (κ3) is 4.87. The second kappa shape index (κ2) is 9.45. The molecule has 0 saturated heterocycles. The number of hydrogen-bond donors (Lipinski definition) is 1. The van der Waals surface area contributed by atoms with Gasteiger partial charge >= 0.3 is 0 Å². The van der Waals surface area contributed by atoms with E-state index < -0.39 is 0 Å². The Bertz CT molecular complexity index is 1290. The molecule has 0 unspecified atom stereocenters. The summed E-state index contributed by atoms with van der Waals surface area (Å²) in [7, 11) is 0. The third-order valence-corrected chi connectivity index (χ3v) is 7.23. The van der Waals surface area contributed by atoms with Gasteiger partial charge in [0.2, 0.25) is 5.91 Å². The summed E-state index contributed by atoms with van der Waals surface area (Å²) in [5.74, 6) is 1.76. The predicted octanol–water partition coefficient (Wildman–Crippen LogP) is 5.02. The van der Waals surface area contributed by atoms with Gasteiger partial charge in [-0.2, -0.15) is 0 Å². The van der Waals surface area contributed by atoms with E-state index in [1.54, 1.807) is 18.2 Å². The van der Waals surface area contributed by atoms with Crippen LogP contribution in [0.5, 0.6) is 5.75 Å². The molecule has 0 radical (unpaired) electrons. The van der Waals surface area contributed by atoms with Crippen LogP contribution >= 0.6 is 0 Å². The van der Waals surface area contributed by atoms with Gasteiger partial charge in [0.25, 0.3) is 5.91 Å². The van der Waals surface area contributed by atoms with Gasteiger partial charge in [-0.3, -0.25) is 9.59 Å². The Morgan fingerprint density at radius 2 is 1.92 bits per heavy atom. The van der Waals surface area contributed by atoms with Crippen LogP contribution in [0, 0.1) is 17.7 Å². The number of furan rings is 1. The van der Waals surface area contributed by atoms with Crippen LogP contribution in [0.2, 0.25) is 0 Å². The summed E-state index contributed by atoms with van der Waals surface area (Å²) in [5, 5.41) is 2.90. The molecule has 0 spiro atoms. The lowest BCUT2D eigenvalue weighted by Gasteiger charge is -2.38. The van der Waals surface area contributed by atoms with Gasteiger partial charge in [-0.1, -0.05) is 18.2 Å². The third-order valence-electron chi connectivity index (χ3n) is 7.23. The largest absolute Gasteiger partial charge is 0.486 e. The highest BCUT2D eigenvalue weighted by atomic mass is 19.1. The molecular weight excluding hydrogens is 459 g/mol. The van der Waals surface area contributed by atoms with E-state index in [-0.39, 0.29) is 42.0 Å². The highest BCUT2D eigenvalue weighted by Gasteiger charge is 2.39. The minimum atomic E-state index is -0.355. The first-order chi connectivity index (χ1) is 17.5. The predicted molar refractivity (Wildman–Crippen MR) is 131 cm³/mol. The molecule has 2 heterocycles. The van der Waals surface area contributed by atoms with Crippen LogP contribution in [0.1, 0.15) is 64.7 Å². The van der Waals surface area contributed by atoms with E-state index in [0.29, 0.717) is 30.5 Å². The molecule has 3 aliphatic rings. The van der Waals surface area contributed by atoms with Gasteiger partial charge in [0.05, 0.1) is 6.04 Å². The highest BCUT2D eigenvalue weighted by molar-refractivity contribution is 5.91. The van der Waals surface area contributed by atoms with Gasteiger partial charge in [0.1, 0.15) is 23.9 Å². The number of rotatable bonds is 8. The van der Waals surface area contributed by atoms with Crippen molar-refractivity contribution in [3.8, 4) is 5.75 Å².